The van der Waals surface area contributed by atoms with E-state index in [1.165, 1.54) is 0 Å². The van der Waals surface area contributed by atoms with E-state index in [2.05, 4.69) is 36.2 Å². The van der Waals surface area contributed by atoms with Gasteiger partial charge in [0.2, 0.25) is 0 Å². The van der Waals surface area contributed by atoms with Gasteiger partial charge < -0.3 is 4.90 Å². The van der Waals surface area contributed by atoms with Crippen molar-refractivity contribution >= 4 is 11.5 Å². The van der Waals surface area contributed by atoms with Gasteiger partial charge in [0.15, 0.2) is 11.5 Å². The van der Waals surface area contributed by atoms with Crippen molar-refractivity contribution in [3.05, 3.63) is 75.2 Å². The summed E-state index contributed by atoms with van der Waals surface area (Å²) in [5, 5.41) is 12.2. The lowest BCUT2D eigenvalue weighted by molar-refractivity contribution is 0.146. The second-order valence-corrected chi connectivity index (χ2v) is 7.76. The maximum absolute atomic E-state index is 13.1. The summed E-state index contributed by atoms with van der Waals surface area (Å²) in [5.74, 6) is 0.630. The fourth-order valence-corrected chi connectivity index (χ4v) is 3.98. The monoisotopic (exact) mass is 435 g/mol. The molecule has 32 heavy (non-hydrogen) atoms. The van der Waals surface area contributed by atoms with Crippen LogP contribution in [0.15, 0.2) is 41.6 Å². The lowest BCUT2D eigenvalue weighted by Crippen LogP contribution is -2.34. The van der Waals surface area contributed by atoms with E-state index >= 15 is 0 Å². The predicted molar refractivity (Wildman–Crippen MR) is 114 cm³/mol. The van der Waals surface area contributed by atoms with Crippen LogP contribution >= 0.6 is 0 Å². The predicted octanol–water partition coefficient (Wildman–Crippen LogP) is 3.06. The van der Waals surface area contributed by atoms with Crippen molar-refractivity contribution in [2.75, 3.05) is 11.4 Å². The van der Waals surface area contributed by atoms with E-state index < -0.39 is 17.7 Å². The fourth-order valence-electron chi connectivity index (χ4n) is 3.98. The van der Waals surface area contributed by atoms with Crippen molar-refractivity contribution in [2.24, 2.45) is 0 Å². The lowest BCUT2D eigenvalue weighted by Gasteiger charge is -2.31. The summed E-state index contributed by atoms with van der Waals surface area (Å²) in [5.41, 5.74) is 4.38. The Morgan fingerprint density at radius 3 is 2.66 bits per heavy atom. The van der Waals surface area contributed by atoms with E-state index in [4.69, 9.17) is 0 Å². The minimum Gasteiger partial charge on any atom is -0.350 e. The molecule has 0 radical (unpaired) electrons. The summed E-state index contributed by atoms with van der Waals surface area (Å²) in [6.07, 6.45) is 3.07. The number of alkyl halides is 2. The number of anilines is 1. The maximum atomic E-state index is 13.1. The maximum Gasteiger partial charge on any atom is 0.280 e. The normalized spacial score (nSPS) is 13.6. The molecule has 1 aliphatic heterocycles. The van der Waals surface area contributed by atoms with Crippen molar-refractivity contribution in [2.45, 2.75) is 33.2 Å². The van der Waals surface area contributed by atoms with Gasteiger partial charge in [-0.1, -0.05) is 0 Å². The van der Waals surface area contributed by atoms with Crippen molar-refractivity contribution in [1.82, 2.24) is 29.8 Å². The van der Waals surface area contributed by atoms with E-state index in [0.717, 1.165) is 45.0 Å². The number of hydrogen-bond donors (Lipinski definition) is 0. The van der Waals surface area contributed by atoms with Crippen molar-refractivity contribution in [1.29, 1.82) is 0 Å². The van der Waals surface area contributed by atoms with E-state index in [9.17, 15) is 13.6 Å². The van der Waals surface area contributed by atoms with Crippen molar-refractivity contribution < 1.29 is 8.78 Å². The third-order valence-electron chi connectivity index (χ3n) is 5.82. The van der Waals surface area contributed by atoms with Gasteiger partial charge in [-0.15, -0.1) is 5.10 Å². The summed E-state index contributed by atoms with van der Waals surface area (Å²) in [6.45, 7) is 4.87. The largest absolute Gasteiger partial charge is 0.350 e. The first-order chi connectivity index (χ1) is 15.4. The molecule has 5 rings (SSSR count). The summed E-state index contributed by atoms with van der Waals surface area (Å²) in [7, 11) is 0. The van der Waals surface area contributed by atoms with Crippen LogP contribution in [0.5, 0.6) is 0 Å². The number of rotatable bonds is 3. The molecule has 0 saturated carbocycles. The molecule has 0 amide bonds. The number of pyridine rings is 1. The molecule has 0 aromatic carbocycles. The molecule has 162 valence electrons. The van der Waals surface area contributed by atoms with Gasteiger partial charge in [-0.2, -0.15) is 14.7 Å². The van der Waals surface area contributed by atoms with Crippen LogP contribution in [-0.2, 0) is 13.0 Å². The van der Waals surface area contributed by atoms with Crippen LogP contribution in [0.3, 0.4) is 0 Å². The Labute approximate surface area is 181 Å². The van der Waals surface area contributed by atoms with E-state index in [-0.39, 0.29) is 5.65 Å². The van der Waals surface area contributed by atoms with Crippen LogP contribution in [0.25, 0.3) is 16.8 Å². The molecule has 0 bridgehead atoms. The molecule has 0 fully saturated rings. The average molecular weight is 435 g/mol. The van der Waals surface area contributed by atoms with Gasteiger partial charge in [0.05, 0.1) is 12.4 Å². The minimum atomic E-state index is -2.82. The van der Waals surface area contributed by atoms with Gasteiger partial charge in [-0.25, -0.2) is 13.8 Å². The summed E-state index contributed by atoms with van der Waals surface area (Å²) in [6, 6.07) is 4.80. The molecular weight excluding hydrogens is 416 g/mol. The van der Waals surface area contributed by atoms with Gasteiger partial charge in [0.1, 0.15) is 5.69 Å². The SMILES string of the molecule is Cc1c(N2CCc3ncc(-c4ccnnc4)cc3C2)nn2c(=O)cc(C(F)F)nc2c1C. The third kappa shape index (κ3) is 3.37. The van der Waals surface area contributed by atoms with Gasteiger partial charge in [0, 0.05) is 59.7 Å². The van der Waals surface area contributed by atoms with E-state index in [0.29, 0.717) is 24.5 Å². The molecule has 1 aliphatic rings. The van der Waals surface area contributed by atoms with Gasteiger partial charge in [-0.05, 0) is 31.5 Å². The van der Waals surface area contributed by atoms with Crippen LogP contribution in [0.2, 0.25) is 0 Å². The molecule has 8 nitrogen and oxygen atoms in total. The Hall–Kier alpha value is -3.82. The summed E-state index contributed by atoms with van der Waals surface area (Å²) in [4.78, 5) is 23.2. The lowest BCUT2D eigenvalue weighted by atomic mass is 10.0. The summed E-state index contributed by atoms with van der Waals surface area (Å²) < 4.78 is 27.3. The number of aryl methyl sites for hydroxylation is 1. The van der Waals surface area contributed by atoms with Crippen LogP contribution in [0.4, 0.5) is 14.6 Å². The average Bonchev–Trinajstić information content (AvgIpc) is 2.81. The zero-order valence-corrected chi connectivity index (χ0v) is 17.5. The van der Waals surface area contributed by atoms with E-state index in [1.54, 1.807) is 19.3 Å². The molecule has 0 N–H and O–H groups in total. The molecule has 0 saturated heterocycles. The first-order valence-corrected chi connectivity index (χ1v) is 10.1. The number of hydrogen-bond acceptors (Lipinski definition) is 7. The Balaban J connectivity index is 1.56. The van der Waals surface area contributed by atoms with Gasteiger partial charge in [0.25, 0.3) is 12.0 Å². The summed E-state index contributed by atoms with van der Waals surface area (Å²) >= 11 is 0. The molecular formula is C22H19F2N7O. The topological polar surface area (TPSA) is 89.2 Å². The Bertz CT molecular complexity index is 1390. The standard InChI is InChI=1S/C22H19F2N7O/c1-12-13(2)22(29-31-19(32)8-18(20(23)24)28-21(12)31)30-6-4-17-16(11-30)7-15(9-25-17)14-3-5-26-27-10-14/h3,5,7-10,20H,4,6,11H2,1-2H3. The molecule has 0 atom stereocenters. The van der Waals surface area contributed by atoms with Crippen LogP contribution in [0.1, 0.15) is 34.5 Å². The number of halogens is 2. The van der Waals surface area contributed by atoms with Crippen LogP contribution in [0, 0.1) is 13.8 Å². The highest BCUT2D eigenvalue weighted by Crippen LogP contribution is 2.29. The number of aromatic nitrogens is 6. The number of nitrogens with zero attached hydrogens (tertiary/aromatic N) is 7. The smallest absolute Gasteiger partial charge is 0.280 e. The molecule has 0 aliphatic carbocycles. The van der Waals surface area contributed by atoms with E-state index in [1.807, 2.05) is 19.2 Å². The molecule has 4 aromatic heterocycles. The van der Waals surface area contributed by atoms with Gasteiger partial charge in [-0.3, -0.25) is 9.78 Å². The highest BCUT2D eigenvalue weighted by molar-refractivity contribution is 5.64. The highest BCUT2D eigenvalue weighted by atomic mass is 19.3. The fraction of sp³-hybridized carbons (Fsp3) is 0.273. The van der Waals surface area contributed by atoms with Crippen molar-refractivity contribution in [3.8, 4) is 11.1 Å². The first-order valence-electron chi connectivity index (χ1n) is 10.1. The second kappa shape index (κ2) is 7.70. The molecule has 4 aromatic rings. The quantitative estimate of drug-likeness (QED) is 0.489. The molecule has 10 heteroatoms. The van der Waals surface area contributed by atoms with Crippen LogP contribution < -0.4 is 10.5 Å². The Morgan fingerprint density at radius 2 is 1.91 bits per heavy atom. The third-order valence-corrected chi connectivity index (χ3v) is 5.82. The Kier molecular flexibility index (Phi) is 4.84. The van der Waals surface area contributed by atoms with Crippen molar-refractivity contribution in [3.63, 3.8) is 0 Å². The first kappa shape index (κ1) is 20.1. The highest BCUT2D eigenvalue weighted by Gasteiger charge is 2.24. The molecule has 5 heterocycles. The second-order valence-electron chi connectivity index (χ2n) is 7.76. The Morgan fingerprint density at radius 1 is 1.06 bits per heavy atom. The minimum absolute atomic E-state index is 0.153. The van der Waals surface area contributed by atoms with Gasteiger partial charge >= 0.3 is 0 Å². The zero-order chi connectivity index (χ0) is 22.4. The zero-order valence-electron chi connectivity index (χ0n) is 17.5. The molecule has 0 spiro atoms. The number of fused-ring (bicyclic) bond motifs is 2. The van der Waals surface area contributed by atoms with Crippen LogP contribution in [-0.4, -0.2) is 36.3 Å². The molecule has 0 unspecified atom stereocenters.